The standard InChI is InChI=1S/C14H21ClN2O4S/c1-2-21-11-3-9-16-14(18)8-10-17-22(19,20)13-6-4-12(15)5-7-13/h4-7,17H,2-3,8-11H2,1H3,(H,16,18). The van der Waals surface area contributed by atoms with Crippen molar-refractivity contribution in [1.29, 1.82) is 0 Å². The SMILES string of the molecule is CCOCCCNC(=O)CCNS(=O)(=O)c1ccc(Cl)cc1. The predicted octanol–water partition coefficient (Wildman–Crippen LogP) is 1.55. The maximum atomic E-state index is 12.0. The molecule has 1 amide bonds. The molecule has 0 atom stereocenters. The van der Waals surface area contributed by atoms with Crippen molar-refractivity contribution in [2.45, 2.75) is 24.7 Å². The van der Waals surface area contributed by atoms with Gasteiger partial charge in [0, 0.05) is 37.7 Å². The normalized spacial score (nSPS) is 11.4. The molecular formula is C14H21ClN2O4S. The molecule has 0 aliphatic heterocycles. The van der Waals surface area contributed by atoms with Crippen LogP contribution in [0.2, 0.25) is 5.02 Å². The van der Waals surface area contributed by atoms with Crippen LogP contribution >= 0.6 is 11.6 Å². The molecule has 0 unspecified atom stereocenters. The van der Waals surface area contributed by atoms with Crippen LogP contribution in [0.5, 0.6) is 0 Å². The second-order valence-electron chi connectivity index (χ2n) is 4.50. The van der Waals surface area contributed by atoms with Crippen LogP contribution in [-0.4, -0.2) is 40.6 Å². The topological polar surface area (TPSA) is 84.5 Å². The molecule has 0 saturated heterocycles. The summed E-state index contributed by atoms with van der Waals surface area (Å²) in [6, 6.07) is 5.83. The summed E-state index contributed by atoms with van der Waals surface area (Å²) in [7, 11) is -3.61. The van der Waals surface area contributed by atoms with Gasteiger partial charge in [0.15, 0.2) is 0 Å². The first-order valence-corrected chi connectivity index (χ1v) is 8.91. The lowest BCUT2D eigenvalue weighted by Gasteiger charge is -2.08. The second kappa shape index (κ2) is 9.78. The molecule has 0 bridgehead atoms. The van der Waals surface area contributed by atoms with E-state index in [0.717, 1.165) is 6.42 Å². The number of hydrogen-bond donors (Lipinski definition) is 2. The molecule has 1 aromatic rings. The zero-order valence-electron chi connectivity index (χ0n) is 12.5. The van der Waals surface area contributed by atoms with Crippen molar-refractivity contribution in [3.8, 4) is 0 Å². The van der Waals surface area contributed by atoms with Gasteiger partial charge in [0.1, 0.15) is 0 Å². The van der Waals surface area contributed by atoms with Gasteiger partial charge in [0.05, 0.1) is 4.90 Å². The van der Waals surface area contributed by atoms with Gasteiger partial charge >= 0.3 is 0 Å². The summed E-state index contributed by atoms with van der Waals surface area (Å²) >= 11 is 5.71. The smallest absolute Gasteiger partial charge is 0.240 e. The predicted molar refractivity (Wildman–Crippen MR) is 85.4 cm³/mol. The van der Waals surface area contributed by atoms with E-state index < -0.39 is 10.0 Å². The number of sulfonamides is 1. The van der Waals surface area contributed by atoms with Crippen LogP contribution in [0.3, 0.4) is 0 Å². The van der Waals surface area contributed by atoms with Gasteiger partial charge in [-0.1, -0.05) is 11.6 Å². The Balaban J connectivity index is 2.28. The van der Waals surface area contributed by atoms with Gasteiger partial charge in [-0.2, -0.15) is 0 Å². The van der Waals surface area contributed by atoms with Crippen molar-refractivity contribution in [1.82, 2.24) is 10.0 Å². The van der Waals surface area contributed by atoms with E-state index in [0.29, 0.717) is 24.8 Å². The minimum Gasteiger partial charge on any atom is -0.382 e. The van der Waals surface area contributed by atoms with Crippen LogP contribution in [0.25, 0.3) is 0 Å². The van der Waals surface area contributed by atoms with E-state index in [9.17, 15) is 13.2 Å². The first kappa shape index (κ1) is 18.9. The second-order valence-corrected chi connectivity index (χ2v) is 6.71. The van der Waals surface area contributed by atoms with Crippen molar-refractivity contribution in [2.24, 2.45) is 0 Å². The average molecular weight is 349 g/mol. The summed E-state index contributed by atoms with van der Waals surface area (Å²) in [5, 5.41) is 3.17. The largest absolute Gasteiger partial charge is 0.382 e. The summed E-state index contributed by atoms with van der Waals surface area (Å²) in [5.41, 5.74) is 0. The lowest BCUT2D eigenvalue weighted by atomic mass is 10.4. The Kier molecular flexibility index (Phi) is 8.40. The van der Waals surface area contributed by atoms with Gasteiger partial charge in [-0.15, -0.1) is 0 Å². The summed E-state index contributed by atoms with van der Waals surface area (Å²) in [6.07, 6.45) is 0.817. The van der Waals surface area contributed by atoms with Crippen molar-refractivity contribution < 1.29 is 17.9 Å². The lowest BCUT2D eigenvalue weighted by Crippen LogP contribution is -2.31. The van der Waals surface area contributed by atoms with Crippen molar-refractivity contribution in [3.63, 3.8) is 0 Å². The Morgan fingerprint density at radius 2 is 1.91 bits per heavy atom. The fourth-order valence-corrected chi connectivity index (χ4v) is 2.79. The van der Waals surface area contributed by atoms with Gasteiger partial charge < -0.3 is 10.1 Å². The first-order chi connectivity index (χ1) is 10.5. The number of rotatable bonds is 10. The molecule has 0 aromatic heterocycles. The Labute approximate surface area is 136 Å². The van der Waals surface area contributed by atoms with E-state index >= 15 is 0 Å². The van der Waals surface area contributed by atoms with Crippen LogP contribution in [0, 0.1) is 0 Å². The minimum atomic E-state index is -3.61. The fraction of sp³-hybridized carbons (Fsp3) is 0.500. The van der Waals surface area contributed by atoms with Gasteiger partial charge in [0.2, 0.25) is 15.9 Å². The number of benzene rings is 1. The summed E-state index contributed by atoms with van der Waals surface area (Å²) in [4.78, 5) is 11.7. The van der Waals surface area contributed by atoms with E-state index in [4.69, 9.17) is 16.3 Å². The number of hydrogen-bond acceptors (Lipinski definition) is 4. The molecular weight excluding hydrogens is 328 g/mol. The zero-order chi connectivity index (χ0) is 16.4. The van der Waals surface area contributed by atoms with E-state index in [-0.39, 0.29) is 23.8 Å². The maximum Gasteiger partial charge on any atom is 0.240 e. The summed E-state index contributed by atoms with van der Waals surface area (Å²) in [5.74, 6) is -0.199. The number of ether oxygens (including phenoxy) is 1. The van der Waals surface area contributed by atoms with Gasteiger partial charge in [-0.05, 0) is 37.6 Å². The minimum absolute atomic E-state index is 0.0439. The van der Waals surface area contributed by atoms with E-state index in [1.54, 1.807) is 0 Å². The molecule has 0 heterocycles. The van der Waals surface area contributed by atoms with Crippen LogP contribution < -0.4 is 10.0 Å². The number of carbonyl (C=O) groups is 1. The molecule has 6 nitrogen and oxygen atoms in total. The Hall–Kier alpha value is -1.15. The average Bonchev–Trinajstić information content (AvgIpc) is 2.47. The molecule has 0 aliphatic carbocycles. The monoisotopic (exact) mass is 348 g/mol. The zero-order valence-corrected chi connectivity index (χ0v) is 14.0. The molecule has 0 spiro atoms. The Bertz CT molecular complexity index is 561. The van der Waals surface area contributed by atoms with Crippen LogP contribution in [-0.2, 0) is 19.6 Å². The summed E-state index contributed by atoms with van der Waals surface area (Å²) in [6.45, 7) is 3.72. The maximum absolute atomic E-state index is 12.0. The fourth-order valence-electron chi connectivity index (χ4n) is 1.63. The molecule has 1 rings (SSSR count). The van der Waals surface area contributed by atoms with Crippen LogP contribution in [0.1, 0.15) is 19.8 Å². The third-order valence-corrected chi connectivity index (χ3v) is 4.49. The summed E-state index contributed by atoms with van der Waals surface area (Å²) < 4.78 is 31.4. The quantitative estimate of drug-likeness (QED) is 0.628. The highest BCUT2D eigenvalue weighted by atomic mass is 35.5. The highest BCUT2D eigenvalue weighted by Crippen LogP contribution is 2.13. The van der Waals surface area contributed by atoms with Gasteiger partial charge in [0.25, 0.3) is 0 Å². The Morgan fingerprint density at radius 1 is 1.23 bits per heavy atom. The van der Waals surface area contributed by atoms with E-state index in [1.807, 2.05) is 6.92 Å². The Morgan fingerprint density at radius 3 is 2.55 bits per heavy atom. The van der Waals surface area contributed by atoms with Crippen molar-refractivity contribution in [2.75, 3.05) is 26.3 Å². The van der Waals surface area contributed by atoms with Gasteiger partial charge in [-0.3, -0.25) is 4.79 Å². The van der Waals surface area contributed by atoms with E-state index in [1.165, 1.54) is 24.3 Å². The third-order valence-electron chi connectivity index (χ3n) is 2.76. The molecule has 0 fully saturated rings. The molecule has 124 valence electrons. The number of nitrogens with one attached hydrogen (secondary N) is 2. The highest BCUT2D eigenvalue weighted by Gasteiger charge is 2.13. The lowest BCUT2D eigenvalue weighted by molar-refractivity contribution is -0.120. The molecule has 22 heavy (non-hydrogen) atoms. The van der Waals surface area contributed by atoms with Gasteiger partial charge in [-0.25, -0.2) is 13.1 Å². The molecule has 0 aliphatic rings. The molecule has 0 saturated carbocycles. The van der Waals surface area contributed by atoms with Crippen LogP contribution in [0.15, 0.2) is 29.2 Å². The number of amides is 1. The van der Waals surface area contributed by atoms with Crippen molar-refractivity contribution in [3.05, 3.63) is 29.3 Å². The number of halogens is 1. The molecule has 2 N–H and O–H groups in total. The number of carbonyl (C=O) groups excluding carboxylic acids is 1. The third kappa shape index (κ3) is 7.22. The first-order valence-electron chi connectivity index (χ1n) is 7.05. The van der Waals surface area contributed by atoms with Crippen LogP contribution in [0.4, 0.5) is 0 Å². The molecule has 8 heteroatoms. The van der Waals surface area contributed by atoms with E-state index in [2.05, 4.69) is 10.0 Å². The highest BCUT2D eigenvalue weighted by molar-refractivity contribution is 7.89. The molecule has 1 aromatic carbocycles. The molecule has 0 radical (unpaired) electrons. The van der Waals surface area contributed by atoms with Crippen molar-refractivity contribution >= 4 is 27.5 Å².